The summed E-state index contributed by atoms with van der Waals surface area (Å²) in [5, 5.41) is 6.82. The summed E-state index contributed by atoms with van der Waals surface area (Å²) in [7, 11) is 0. The van der Waals surface area contributed by atoms with Crippen LogP contribution < -0.4 is 16.6 Å². The standard InChI is InChI=1S/C13H15N3O2S/c1-9-7-19-8-10(9)4-15-12(17)6-16-5-11(14)2-3-13(16)18/h2-3,5,7-8H,4,6,14H2,1H3,(H,15,17). The van der Waals surface area contributed by atoms with Gasteiger partial charge >= 0.3 is 0 Å². The van der Waals surface area contributed by atoms with Crippen molar-refractivity contribution in [3.05, 3.63) is 50.6 Å². The lowest BCUT2D eigenvalue weighted by molar-refractivity contribution is -0.121. The average molecular weight is 277 g/mol. The Balaban J connectivity index is 1.96. The highest BCUT2D eigenvalue weighted by atomic mass is 32.1. The van der Waals surface area contributed by atoms with Crippen molar-refractivity contribution in [1.29, 1.82) is 0 Å². The molecule has 100 valence electrons. The number of amides is 1. The van der Waals surface area contributed by atoms with Gasteiger partial charge in [0.05, 0.1) is 0 Å². The van der Waals surface area contributed by atoms with Crippen molar-refractivity contribution in [1.82, 2.24) is 9.88 Å². The van der Waals surface area contributed by atoms with Gasteiger partial charge < -0.3 is 15.6 Å². The molecule has 0 saturated carbocycles. The van der Waals surface area contributed by atoms with Crippen LogP contribution in [-0.2, 0) is 17.9 Å². The number of nitrogen functional groups attached to an aromatic ring is 1. The second-order valence-corrected chi connectivity index (χ2v) is 5.03. The third kappa shape index (κ3) is 3.45. The first kappa shape index (κ1) is 13.4. The summed E-state index contributed by atoms with van der Waals surface area (Å²) < 4.78 is 1.30. The zero-order valence-corrected chi connectivity index (χ0v) is 11.4. The molecule has 1 amide bonds. The lowest BCUT2D eigenvalue weighted by Gasteiger charge is -2.07. The Bertz CT molecular complexity index is 645. The molecule has 0 bridgehead atoms. The number of nitrogens with one attached hydrogen (secondary N) is 1. The monoisotopic (exact) mass is 277 g/mol. The summed E-state index contributed by atoms with van der Waals surface area (Å²) >= 11 is 1.60. The lowest BCUT2D eigenvalue weighted by atomic mass is 10.2. The summed E-state index contributed by atoms with van der Waals surface area (Å²) in [5.41, 5.74) is 8.06. The van der Waals surface area contributed by atoms with Crippen LogP contribution in [0.5, 0.6) is 0 Å². The first-order valence-electron chi connectivity index (χ1n) is 5.80. The maximum absolute atomic E-state index is 11.8. The number of hydrogen-bond acceptors (Lipinski definition) is 4. The summed E-state index contributed by atoms with van der Waals surface area (Å²) in [6.45, 7) is 2.46. The molecular formula is C13H15N3O2S. The van der Waals surface area contributed by atoms with Gasteiger partial charge in [-0.15, -0.1) is 0 Å². The van der Waals surface area contributed by atoms with E-state index in [-0.39, 0.29) is 18.0 Å². The number of aryl methyl sites for hydroxylation is 1. The molecule has 0 radical (unpaired) electrons. The number of hydrogen-bond donors (Lipinski definition) is 2. The van der Waals surface area contributed by atoms with Crippen LogP contribution in [0.2, 0.25) is 0 Å². The number of pyridine rings is 1. The van der Waals surface area contributed by atoms with Crippen LogP contribution in [0.15, 0.2) is 33.9 Å². The van der Waals surface area contributed by atoms with Crippen molar-refractivity contribution >= 4 is 22.9 Å². The summed E-state index contributed by atoms with van der Waals surface area (Å²) in [6, 6.07) is 2.87. The number of rotatable bonds is 4. The van der Waals surface area contributed by atoms with Crippen molar-refractivity contribution in [3.8, 4) is 0 Å². The van der Waals surface area contributed by atoms with E-state index in [1.165, 1.54) is 22.9 Å². The first-order chi connectivity index (χ1) is 9.06. The maximum atomic E-state index is 11.8. The number of carbonyl (C=O) groups is 1. The second-order valence-electron chi connectivity index (χ2n) is 4.29. The van der Waals surface area contributed by atoms with Crippen molar-refractivity contribution in [2.24, 2.45) is 0 Å². The molecule has 2 rings (SSSR count). The molecule has 0 aromatic carbocycles. The molecule has 0 aliphatic carbocycles. The Morgan fingerprint density at radius 2 is 2.21 bits per heavy atom. The smallest absolute Gasteiger partial charge is 0.251 e. The van der Waals surface area contributed by atoms with Crippen LogP contribution in [-0.4, -0.2) is 10.5 Å². The number of anilines is 1. The Kier molecular flexibility index (Phi) is 4.01. The number of nitrogens with zero attached hydrogens (tertiary/aromatic N) is 1. The van der Waals surface area contributed by atoms with Gasteiger partial charge in [0, 0.05) is 24.5 Å². The van der Waals surface area contributed by atoms with Crippen LogP contribution in [0, 0.1) is 6.92 Å². The third-order valence-electron chi connectivity index (χ3n) is 2.76. The van der Waals surface area contributed by atoms with Crippen molar-refractivity contribution in [2.45, 2.75) is 20.0 Å². The van der Waals surface area contributed by atoms with E-state index in [0.717, 1.165) is 11.1 Å². The van der Waals surface area contributed by atoms with E-state index in [4.69, 9.17) is 5.73 Å². The third-order valence-corrected chi connectivity index (χ3v) is 3.67. The molecule has 0 fully saturated rings. The van der Waals surface area contributed by atoms with Crippen LogP contribution in [0.3, 0.4) is 0 Å². The van der Waals surface area contributed by atoms with Gasteiger partial charge in [0.2, 0.25) is 5.91 Å². The van der Waals surface area contributed by atoms with E-state index in [1.807, 2.05) is 17.7 Å². The van der Waals surface area contributed by atoms with Crippen molar-refractivity contribution < 1.29 is 4.79 Å². The predicted octanol–water partition coefficient (Wildman–Crippen LogP) is 1.12. The van der Waals surface area contributed by atoms with Crippen LogP contribution in [0.1, 0.15) is 11.1 Å². The average Bonchev–Trinajstić information content (AvgIpc) is 2.77. The minimum Gasteiger partial charge on any atom is -0.398 e. The zero-order valence-electron chi connectivity index (χ0n) is 10.6. The Hall–Kier alpha value is -2.08. The molecule has 0 spiro atoms. The van der Waals surface area contributed by atoms with Crippen LogP contribution in [0.25, 0.3) is 0 Å². The summed E-state index contributed by atoms with van der Waals surface area (Å²) in [4.78, 5) is 23.3. The normalized spacial score (nSPS) is 10.4. The van der Waals surface area contributed by atoms with E-state index in [9.17, 15) is 9.59 Å². The Labute approximate surface area is 114 Å². The minimum absolute atomic E-state index is 0.0208. The highest BCUT2D eigenvalue weighted by Gasteiger charge is 2.06. The molecule has 0 atom stereocenters. The van der Waals surface area contributed by atoms with E-state index < -0.39 is 0 Å². The van der Waals surface area contributed by atoms with E-state index in [0.29, 0.717) is 12.2 Å². The molecule has 6 heteroatoms. The summed E-state index contributed by atoms with van der Waals surface area (Å²) in [6.07, 6.45) is 1.47. The maximum Gasteiger partial charge on any atom is 0.251 e. The van der Waals surface area contributed by atoms with Gasteiger partial charge in [0.15, 0.2) is 0 Å². The van der Waals surface area contributed by atoms with Gasteiger partial charge in [-0.1, -0.05) is 0 Å². The molecule has 2 aromatic heterocycles. The number of aromatic nitrogens is 1. The lowest BCUT2D eigenvalue weighted by Crippen LogP contribution is -2.31. The fraction of sp³-hybridized carbons (Fsp3) is 0.231. The minimum atomic E-state index is -0.240. The molecule has 0 saturated heterocycles. The van der Waals surface area contributed by atoms with Crippen molar-refractivity contribution in [2.75, 3.05) is 5.73 Å². The van der Waals surface area contributed by atoms with Gasteiger partial charge in [-0.3, -0.25) is 9.59 Å². The highest BCUT2D eigenvalue weighted by Crippen LogP contribution is 2.12. The fourth-order valence-corrected chi connectivity index (χ4v) is 2.50. The fourth-order valence-electron chi connectivity index (χ4n) is 1.65. The van der Waals surface area contributed by atoms with Gasteiger partial charge in [0.25, 0.3) is 5.56 Å². The zero-order chi connectivity index (χ0) is 13.8. The number of thiophene rings is 1. The Morgan fingerprint density at radius 1 is 1.42 bits per heavy atom. The van der Waals surface area contributed by atoms with Crippen LogP contribution >= 0.6 is 11.3 Å². The molecule has 2 aromatic rings. The molecule has 3 N–H and O–H groups in total. The highest BCUT2D eigenvalue weighted by molar-refractivity contribution is 7.08. The van der Waals surface area contributed by atoms with Gasteiger partial charge in [-0.25, -0.2) is 0 Å². The van der Waals surface area contributed by atoms with Gasteiger partial charge in [0.1, 0.15) is 6.54 Å². The largest absolute Gasteiger partial charge is 0.398 e. The van der Waals surface area contributed by atoms with Gasteiger partial charge in [-0.05, 0) is 34.9 Å². The predicted molar refractivity (Wildman–Crippen MR) is 76.0 cm³/mol. The number of nitrogens with two attached hydrogens (primary N) is 1. The summed E-state index contributed by atoms with van der Waals surface area (Å²) in [5.74, 6) is -0.210. The van der Waals surface area contributed by atoms with E-state index in [1.54, 1.807) is 11.3 Å². The molecule has 2 heterocycles. The van der Waals surface area contributed by atoms with Crippen LogP contribution in [0.4, 0.5) is 5.69 Å². The quantitative estimate of drug-likeness (QED) is 0.879. The first-order valence-corrected chi connectivity index (χ1v) is 6.75. The topological polar surface area (TPSA) is 77.1 Å². The SMILES string of the molecule is Cc1cscc1CNC(=O)Cn1cc(N)ccc1=O. The van der Waals surface area contributed by atoms with E-state index in [2.05, 4.69) is 5.32 Å². The molecule has 5 nitrogen and oxygen atoms in total. The second kappa shape index (κ2) is 5.71. The van der Waals surface area contributed by atoms with Crippen molar-refractivity contribution in [3.63, 3.8) is 0 Å². The van der Waals surface area contributed by atoms with E-state index >= 15 is 0 Å². The molecule has 0 aliphatic rings. The number of carbonyl (C=O) groups excluding carboxylic acids is 1. The molecule has 0 aliphatic heterocycles. The molecule has 19 heavy (non-hydrogen) atoms. The Morgan fingerprint density at radius 3 is 2.89 bits per heavy atom. The van der Waals surface area contributed by atoms with Gasteiger partial charge in [-0.2, -0.15) is 11.3 Å². The molecule has 0 unspecified atom stereocenters. The molecular weight excluding hydrogens is 262 g/mol.